The highest BCUT2D eigenvalue weighted by Gasteiger charge is 2.36. The van der Waals surface area contributed by atoms with Crippen LogP contribution in [0.4, 0.5) is 0 Å². The van der Waals surface area contributed by atoms with Crippen molar-refractivity contribution in [3.63, 3.8) is 0 Å². The highest BCUT2D eigenvalue weighted by Crippen LogP contribution is 2.52. The van der Waals surface area contributed by atoms with Gasteiger partial charge in [-0.2, -0.15) is 0 Å². The van der Waals surface area contributed by atoms with Crippen LogP contribution in [-0.4, -0.2) is 9.97 Å². The molecule has 3 heterocycles. The molecule has 3 aromatic heterocycles. The van der Waals surface area contributed by atoms with Crippen LogP contribution in [0.5, 0.6) is 0 Å². The van der Waals surface area contributed by atoms with Gasteiger partial charge < -0.3 is 4.42 Å². The quantitative estimate of drug-likeness (QED) is 0.183. The Morgan fingerprint density at radius 3 is 1.73 bits per heavy atom. The molecular formula is C47H30N2OS2. The van der Waals surface area contributed by atoms with Crippen molar-refractivity contribution in [1.29, 1.82) is 0 Å². The van der Waals surface area contributed by atoms with Crippen molar-refractivity contribution >= 4 is 65.0 Å². The number of fused-ring (bicyclic) bond motifs is 8. The van der Waals surface area contributed by atoms with Gasteiger partial charge in [0, 0.05) is 27.3 Å². The van der Waals surface area contributed by atoms with Crippen LogP contribution in [0, 0.1) is 0 Å². The zero-order chi connectivity index (χ0) is 34.6. The van der Waals surface area contributed by atoms with Crippen LogP contribution in [-0.2, 0) is 5.41 Å². The van der Waals surface area contributed by atoms with Gasteiger partial charge in [0.15, 0.2) is 0 Å². The molecule has 11 rings (SSSR count). The second-order valence-corrected chi connectivity index (χ2v) is 16.3. The first-order valence-electron chi connectivity index (χ1n) is 17.5. The Morgan fingerprint density at radius 1 is 0.442 bits per heavy atom. The number of rotatable bonds is 4. The summed E-state index contributed by atoms with van der Waals surface area (Å²) in [5, 5.41) is 4.38. The molecule has 0 saturated carbocycles. The van der Waals surface area contributed by atoms with Crippen LogP contribution in [0.1, 0.15) is 25.0 Å². The minimum Gasteiger partial charge on any atom is -0.456 e. The number of furan rings is 1. The lowest BCUT2D eigenvalue weighted by Crippen LogP contribution is -2.15. The number of benzene rings is 7. The van der Waals surface area contributed by atoms with Crippen molar-refractivity contribution in [2.75, 3.05) is 0 Å². The van der Waals surface area contributed by atoms with Gasteiger partial charge in [0.2, 0.25) is 0 Å². The SMILES string of the molecule is CC1(C)c2cc(-c3cccc(-c4cc(-c5nc6ccccc6s5)cc(-c5nc6ccccc6s5)c4)c3)ccc2-c2cc3oc4ccccc4c3cc21. The predicted molar refractivity (Wildman–Crippen MR) is 219 cm³/mol. The molecule has 10 aromatic rings. The Bertz CT molecular complexity index is 2910. The summed E-state index contributed by atoms with van der Waals surface area (Å²) in [4.78, 5) is 10.1. The number of para-hydroxylation sites is 3. The summed E-state index contributed by atoms with van der Waals surface area (Å²) >= 11 is 3.47. The fourth-order valence-corrected chi connectivity index (χ4v) is 9.95. The molecular weight excluding hydrogens is 673 g/mol. The maximum absolute atomic E-state index is 6.31. The summed E-state index contributed by atoms with van der Waals surface area (Å²) < 4.78 is 8.69. The van der Waals surface area contributed by atoms with E-state index in [4.69, 9.17) is 14.4 Å². The van der Waals surface area contributed by atoms with Crippen LogP contribution in [0.3, 0.4) is 0 Å². The Balaban J connectivity index is 1.02. The monoisotopic (exact) mass is 702 g/mol. The van der Waals surface area contributed by atoms with Crippen molar-refractivity contribution in [3.05, 3.63) is 157 Å². The third-order valence-electron chi connectivity index (χ3n) is 10.7. The number of thiazole rings is 2. The topological polar surface area (TPSA) is 38.9 Å². The van der Waals surface area contributed by atoms with Gasteiger partial charge in [-0.25, -0.2) is 9.97 Å². The Hall–Kier alpha value is -5.88. The number of hydrogen-bond acceptors (Lipinski definition) is 5. The summed E-state index contributed by atoms with van der Waals surface area (Å²) in [5.41, 5.74) is 16.0. The number of aromatic nitrogens is 2. The van der Waals surface area contributed by atoms with Crippen LogP contribution in [0.2, 0.25) is 0 Å². The molecule has 0 saturated heterocycles. The van der Waals surface area contributed by atoms with Gasteiger partial charge >= 0.3 is 0 Å². The standard InChI is InChI=1S/C47H30N2OS2/c1-47(2)37-24-29(18-19-33(37)35-26-42-36(25-38(35)47)34-12-3-6-15-41(34)50-42)27-10-9-11-28(20-27)30-21-31(45-48-39-13-4-7-16-43(39)51-45)23-32(22-30)46-49-40-14-5-8-17-44(40)52-46/h3-26H,1-2H3. The molecule has 0 fully saturated rings. The molecule has 0 bridgehead atoms. The van der Waals surface area contributed by atoms with E-state index in [1.54, 1.807) is 22.7 Å². The van der Waals surface area contributed by atoms with Gasteiger partial charge in [0.25, 0.3) is 0 Å². The molecule has 0 radical (unpaired) electrons. The summed E-state index contributed by atoms with van der Waals surface area (Å²) in [6, 6.07) is 52.4. The third kappa shape index (κ3) is 4.56. The van der Waals surface area contributed by atoms with Crippen LogP contribution in [0.15, 0.2) is 150 Å². The molecule has 0 aliphatic heterocycles. The fourth-order valence-electron chi connectivity index (χ4n) is 8.04. The van der Waals surface area contributed by atoms with Gasteiger partial charge in [-0.15, -0.1) is 22.7 Å². The van der Waals surface area contributed by atoms with Crippen molar-refractivity contribution in [2.45, 2.75) is 19.3 Å². The first-order chi connectivity index (χ1) is 25.5. The molecule has 1 aliphatic rings. The molecule has 7 aromatic carbocycles. The average Bonchev–Trinajstić information content (AvgIpc) is 3.95. The predicted octanol–water partition coefficient (Wildman–Crippen LogP) is 13.8. The van der Waals surface area contributed by atoms with Crippen molar-refractivity contribution < 1.29 is 4.42 Å². The van der Waals surface area contributed by atoms with E-state index in [1.807, 2.05) is 6.07 Å². The van der Waals surface area contributed by atoms with Gasteiger partial charge in [-0.1, -0.05) is 86.6 Å². The van der Waals surface area contributed by atoms with E-state index in [9.17, 15) is 0 Å². The normalized spacial score (nSPS) is 13.3. The van der Waals surface area contributed by atoms with E-state index in [2.05, 4.69) is 153 Å². The van der Waals surface area contributed by atoms with Crippen molar-refractivity contribution in [2.24, 2.45) is 0 Å². The largest absolute Gasteiger partial charge is 0.456 e. The van der Waals surface area contributed by atoms with Gasteiger partial charge in [-0.3, -0.25) is 0 Å². The minimum absolute atomic E-state index is 0.150. The maximum atomic E-state index is 6.31. The van der Waals surface area contributed by atoms with E-state index >= 15 is 0 Å². The summed E-state index contributed by atoms with van der Waals surface area (Å²) in [7, 11) is 0. The average molecular weight is 703 g/mol. The van der Waals surface area contributed by atoms with Crippen molar-refractivity contribution in [3.8, 4) is 54.5 Å². The van der Waals surface area contributed by atoms with Gasteiger partial charge in [0.1, 0.15) is 21.2 Å². The lowest BCUT2D eigenvalue weighted by Gasteiger charge is -2.22. The fraction of sp³-hybridized carbons (Fsp3) is 0.0638. The van der Waals surface area contributed by atoms with E-state index in [1.165, 1.54) is 53.6 Å². The molecule has 0 amide bonds. The summed E-state index contributed by atoms with van der Waals surface area (Å²) in [5.74, 6) is 0. The Labute approximate surface area is 308 Å². The number of nitrogens with zero attached hydrogens (tertiary/aromatic N) is 2. The first-order valence-corrected chi connectivity index (χ1v) is 19.2. The van der Waals surface area contributed by atoms with Gasteiger partial charge in [0.05, 0.1) is 20.4 Å². The summed E-state index contributed by atoms with van der Waals surface area (Å²) in [6.45, 7) is 4.70. The molecule has 246 valence electrons. The molecule has 0 atom stereocenters. The smallest absolute Gasteiger partial charge is 0.136 e. The minimum atomic E-state index is -0.150. The lowest BCUT2D eigenvalue weighted by atomic mass is 9.81. The maximum Gasteiger partial charge on any atom is 0.136 e. The van der Waals surface area contributed by atoms with E-state index in [-0.39, 0.29) is 5.41 Å². The van der Waals surface area contributed by atoms with E-state index in [0.717, 1.165) is 54.5 Å². The highest BCUT2D eigenvalue weighted by atomic mass is 32.1. The first kappa shape index (κ1) is 29.8. The van der Waals surface area contributed by atoms with E-state index in [0.29, 0.717) is 0 Å². The molecule has 3 nitrogen and oxygen atoms in total. The van der Waals surface area contributed by atoms with E-state index < -0.39 is 0 Å². The zero-order valence-corrected chi connectivity index (χ0v) is 30.1. The molecule has 0 spiro atoms. The zero-order valence-electron chi connectivity index (χ0n) is 28.5. The van der Waals surface area contributed by atoms with Crippen LogP contribution < -0.4 is 0 Å². The highest BCUT2D eigenvalue weighted by molar-refractivity contribution is 7.22. The van der Waals surface area contributed by atoms with Gasteiger partial charge in [-0.05, 0) is 117 Å². The summed E-state index contributed by atoms with van der Waals surface area (Å²) in [6.07, 6.45) is 0. The lowest BCUT2D eigenvalue weighted by molar-refractivity contribution is 0.658. The van der Waals surface area contributed by atoms with Crippen molar-refractivity contribution in [1.82, 2.24) is 9.97 Å². The van der Waals surface area contributed by atoms with Crippen LogP contribution in [0.25, 0.3) is 96.9 Å². The molecule has 0 N–H and O–H groups in total. The Kier molecular flexibility index (Phi) is 6.34. The molecule has 1 aliphatic carbocycles. The Morgan fingerprint density at radius 2 is 1.02 bits per heavy atom. The second kappa shape index (κ2) is 11.1. The molecule has 52 heavy (non-hydrogen) atoms. The molecule has 0 unspecified atom stereocenters. The molecule has 5 heteroatoms. The number of hydrogen-bond donors (Lipinski definition) is 0. The second-order valence-electron chi connectivity index (χ2n) is 14.2. The third-order valence-corrected chi connectivity index (χ3v) is 12.9. The van der Waals surface area contributed by atoms with Crippen LogP contribution >= 0.6 is 22.7 Å².